The Labute approximate surface area is 125 Å². The molecule has 1 saturated heterocycles. The van der Waals surface area contributed by atoms with Gasteiger partial charge in [-0.1, -0.05) is 12.1 Å². The smallest absolute Gasteiger partial charge is 0.226 e. The van der Waals surface area contributed by atoms with Gasteiger partial charge in [-0.25, -0.2) is 0 Å². The molecule has 4 heteroatoms. The minimum Gasteiger partial charge on any atom is -0.341 e. The van der Waals surface area contributed by atoms with Crippen LogP contribution in [-0.2, 0) is 11.3 Å². The molecule has 1 atom stereocenters. The molecule has 3 rings (SSSR count). The van der Waals surface area contributed by atoms with Crippen LogP contribution in [0.2, 0.25) is 0 Å². The highest BCUT2D eigenvalue weighted by Gasteiger charge is 2.58. The molecule has 1 heterocycles. The Morgan fingerprint density at radius 2 is 2.24 bits per heavy atom. The van der Waals surface area contributed by atoms with E-state index in [1.54, 1.807) is 6.07 Å². The Morgan fingerprint density at radius 1 is 1.48 bits per heavy atom. The van der Waals surface area contributed by atoms with E-state index in [0.29, 0.717) is 12.1 Å². The van der Waals surface area contributed by atoms with Crippen molar-refractivity contribution in [3.63, 3.8) is 0 Å². The minimum absolute atomic E-state index is 0.212. The maximum Gasteiger partial charge on any atom is 0.226 e. The molecule has 1 N–H and O–H groups in total. The van der Waals surface area contributed by atoms with Crippen molar-refractivity contribution in [3.8, 4) is 6.07 Å². The topological polar surface area (TPSA) is 56.1 Å². The average molecular weight is 283 g/mol. The Morgan fingerprint density at radius 3 is 2.95 bits per heavy atom. The summed E-state index contributed by atoms with van der Waals surface area (Å²) in [7, 11) is 1.87. The van der Waals surface area contributed by atoms with Gasteiger partial charge in [-0.3, -0.25) is 4.79 Å². The lowest BCUT2D eigenvalue weighted by Gasteiger charge is -2.25. The largest absolute Gasteiger partial charge is 0.341 e. The van der Waals surface area contributed by atoms with Crippen LogP contribution in [0.5, 0.6) is 0 Å². The van der Waals surface area contributed by atoms with Gasteiger partial charge in [-0.15, -0.1) is 0 Å². The van der Waals surface area contributed by atoms with Crippen LogP contribution in [0, 0.1) is 22.7 Å². The van der Waals surface area contributed by atoms with Crippen molar-refractivity contribution >= 4 is 5.91 Å². The molecule has 1 amide bonds. The molecule has 1 aromatic carbocycles. The first-order chi connectivity index (χ1) is 10.1. The van der Waals surface area contributed by atoms with Crippen molar-refractivity contribution in [2.45, 2.75) is 25.8 Å². The number of rotatable bonds is 3. The highest BCUT2D eigenvalue weighted by Crippen LogP contribution is 2.59. The summed E-state index contributed by atoms with van der Waals surface area (Å²) in [4.78, 5) is 14.4. The van der Waals surface area contributed by atoms with Gasteiger partial charge in [0.25, 0.3) is 0 Å². The molecule has 2 aliphatic rings. The van der Waals surface area contributed by atoms with E-state index < -0.39 is 0 Å². The molecule has 0 aromatic heterocycles. The van der Waals surface area contributed by atoms with E-state index in [0.717, 1.165) is 37.9 Å². The second-order valence-electron chi connectivity index (χ2n) is 6.38. The molecule has 1 aliphatic carbocycles. The number of amides is 1. The van der Waals surface area contributed by atoms with Crippen LogP contribution in [0.3, 0.4) is 0 Å². The number of nitrogens with one attached hydrogen (secondary N) is 1. The molecule has 21 heavy (non-hydrogen) atoms. The number of benzene rings is 1. The molecule has 4 nitrogen and oxygen atoms in total. The van der Waals surface area contributed by atoms with Crippen molar-refractivity contribution in [3.05, 3.63) is 35.4 Å². The Kier molecular flexibility index (Phi) is 3.69. The lowest BCUT2D eigenvalue weighted by atomic mass is 9.91. The number of carbonyl (C=O) groups is 1. The third kappa shape index (κ3) is 2.79. The van der Waals surface area contributed by atoms with E-state index >= 15 is 0 Å². The van der Waals surface area contributed by atoms with Gasteiger partial charge in [0.05, 0.1) is 11.6 Å². The third-order valence-electron chi connectivity index (χ3n) is 4.94. The second-order valence-corrected chi connectivity index (χ2v) is 6.38. The van der Waals surface area contributed by atoms with Gasteiger partial charge in [0, 0.05) is 19.5 Å². The van der Waals surface area contributed by atoms with Gasteiger partial charge >= 0.3 is 0 Å². The molecular formula is C17H21N3O. The van der Waals surface area contributed by atoms with Crippen LogP contribution in [0.1, 0.15) is 30.4 Å². The number of piperidine rings is 1. The predicted molar refractivity (Wildman–Crippen MR) is 80.3 cm³/mol. The summed E-state index contributed by atoms with van der Waals surface area (Å²) < 4.78 is 0. The zero-order valence-electron chi connectivity index (χ0n) is 12.4. The average Bonchev–Trinajstić information content (AvgIpc) is 3.20. The minimum atomic E-state index is 0.212. The molecule has 110 valence electrons. The highest BCUT2D eigenvalue weighted by molar-refractivity contribution is 5.82. The number of nitriles is 1. The summed E-state index contributed by atoms with van der Waals surface area (Å²) in [6.07, 6.45) is 3.30. The number of carbonyl (C=O) groups excluding carboxylic acids is 1. The number of hydrogen-bond acceptors (Lipinski definition) is 3. The molecule has 1 spiro atoms. The van der Waals surface area contributed by atoms with Crippen LogP contribution in [-0.4, -0.2) is 30.9 Å². The van der Waals surface area contributed by atoms with Gasteiger partial charge in [0.1, 0.15) is 0 Å². The Hall–Kier alpha value is -1.86. The van der Waals surface area contributed by atoms with Crippen LogP contribution in [0.4, 0.5) is 0 Å². The Balaban J connectivity index is 1.62. The zero-order chi connectivity index (χ0) is 14.9. The van der Waals surface area contributed by atoms with Gasteiger partial charge in [0.15, 0.2) is 0 Å². The third-order valence-corrected chi connectivity index (χ3v) is 4.94. The van der Waals surface area contributed by atoms with Crippen molar-refractivity contribution in [1.82, 2.24) is 10.2 Å². The summed E-state index contributed by atoms with van der Waals surface area (Å²) in [6, 6.07) is 9.63. The lowest BCUT2D eigenvalue weighted by molar-refractivity contribution is -0.132. The maximum absolute atomic E-state index is 12.6. The SMILES string of the molecule is CN(Cc1cccc(C#N)c1)C(=O)C1CC12CCNCC2. The quantitative estimate of drug-likeness (QED) is 0.922. The molecule has 1 saturated carbocycles. The highest BCUT2D eigenvalue weighted by atomic mass is 16.2. The first kappa shape index (κ1) is 14.1. The summed E-state index contributed by atoms with van der Waals surface area (Å²) in [6.45, 7) is 2.66. The van der Waals surface area contributed by atoms with E-state index in [1.807, 2.05) is 30.1 Å². The molecule has 0 bridgehead atoms. The van der Waals surface area contributed by atoms with Crippen molar-refractivity contribution in [2.75, 3.05) is 20.1 Å². The Bertz CT molecular complexity index is 584. The van der Waals surface area contributed by atoms with Crippen molar-refractivity contribution in [2.24, 2.45) is 11.3 Å². The fourth-order valence-corrected chi connectivity index (χ4v) is 3.53. The van der Waals surface area contributed by atoms with Crippen LogP contribution < -0.4 is 5.32 Å². The predicted octanol–water partition coefficient (Wildman–Crippen LogP) is 1.91. The van der Waals surface area contributed by atoms with Crippen LogP contribution in [0.15, 0.2) is 24.3 Å². The van der Waals surface area contributed by atoms with Crippen LogP contribution in [0.25, 0.3) is 0 Å². The van der Waals surface area contributed by atoms with Crippen molar-refractivity contribution < 1.29 is 4.79 Å². The zero-order valence-corrected chi connectivity index (χ0v) is 12.4. The van der Waals surface area contributed by atoms with Gasteiger partial charge in [0.2, 0.25) is 5.91 Å². The van der Waals surface area contributed by atoms with Gasteiger partial charge < -0.3 is 10.2 Å². The van der Waals surface area contributed by atoms with Gasteiger partial charge in [-0.05, 0) is 55.5 Å². The molecule has 1 unspecified atom stereocenters. The normalized spacial score (nSPS) is 22.6. The first-order valence-corrected chi connectivity index (χ1v) is 7.59. The standard InChI is InChI=1S/C17H21N3O/c1-20(12-14-4-2-3-13(9-14)11-18)16(21)15-10-17(15)5-7-19-8-6-17/h2-4,9,15,19H,5-8,10,12H2,1H3. The fraction of sp³-hybridized carbons (Fsp3) is 0.529. The van der Waals surface area contributed by atoms with E-state index in [-0.39, 0.29) is 17.2 Å². The monoisotopic (exact) mass is 283 g/mol. The summed E-state index contributed by atoms with van der Waals surface area (Å²) in [5.41, 5.74) is 1.95. The van der Waals surface area contributed by atoms with E-state index in [9.17, 15) is 4.79 Å². The summed E-state index contributed by atoms with van der Waals surface area (Å²) >= 11 is 0. The van der Waals surface area contributed by atoms with E-state index in [4.69, 9.17) is 5.26 Å². The number of hydrogen-bond donors (Lipinski definition) is 1. The molecule has 1 aliphatic heterocycles. The van der Waals surface area contributed by atoms with Crippen LogP contribution >= 0.6 is 0 Å². The van der Waals surface area contributed by atoms with Crippen molar-refractivity contribution in [1.29, 1.82) is 5.26 Å². The first-order valence-electron chi connectivity index (χ1n) is 7.59. The van der Waals surface area contributed by atoms with E-state index in [1.165, 1.54) is 0 Å². The number of nitrogens with zero attached hydrogens (tertiary/aromatic N) is 2. The summed E-state index contributed by atoms with van der Waals surface area (Å²) in [5.74, 6) is 0.475. The van der Waals surface area contributed by atoms with Gasteiger partial charge in [-0.2, -0.15) is 5.26 Å². The lowest BCUT2D eigenvalue weighted by Crippen LogP contribution is -2.34. The van der Waals surface area contributed by atoms with E-state index in [2.05, 4.69) is 11.4 Å². The molecule has 2 fully saturated rings. The molecular weight excluding hydrogens is 262 g/mol. The second kappa shape index (κ2) is 5.50. The maximum atomic E-state index is 12.6. The fourth-order valence-electron chi connectivity index (χ4n) is 3.53. The summed E-state index contributed by atoms with van der Waals surface area (Å²) in [5, 5.41) is 12.3. The molecule has 0 radical (unpaired) electrons. The molecule has 1 aromatic rings.